The molecule has 8 heteroatoms. The van der Waals surface area contributed by atoms with Crippen LogP contribution in [0.2, 0.25) is 0 Å². The fraction of sp³-hybridized carbons (Fsp3) is 0.580. The lowest BCUT2D eigenvalue weighted by atomic mass is 10.1. The molecular formula is C50H80NO7+. The Bertz CT molecular complexity index is 1310. The molecule has 0 aromatic carbocycles. The van der Waals surface area contributed by atoms with Gasteiger partial charge in [0, 0.05) is 19.3 Å². The topological polar surface area (TPSA) is 99.1 Å². The standard InChI is InChI=1S/C50H79NO7/c1-6-8-10-12-14-16-18-20-22-23-24-25-27-29-31-33-35-37-39-41-49(53)58-46(44-56-43-42-47(50(54)55)51(3,4)5)45-57-48(52)40-38-36-34-32-30-28-26-21-19-17-15-13-11-9-7-2/h8-11,13-17,19-20,22,24-25,29,31,35,37,46-47H,6-7,12,18,21,23,26-28,30,32-34,36,38-45H2,1-5H3/p+1/b10-8+,11-9+,15-13+,16-14+,19-17+,22-20+,25-24+,31-29+,37-35+. The number of quaternary nitrogens is 1. The van der Waals surface area contributed by atoms with Crippen molar-refractivity contribution in [3.8, 4) is 0 Å². The average Bonchev–Trinajstić information content (AvgIpc) is 3.18. The predicted molar refractivity (Wildman–Crippen MR) is 242 cm³/mol. The molecule has 0 radical (unpaired) electrons. The number of carbonyl (C=O) groups is 3. The zero-order valence-electron chi connectivity index (χ0n) is 36.9. The third kappa shape index (κ3) is 37.6. The van der Waals surface area contributed by atoms with E-state index in [1.807, 2.05) is 33.3 Å². The van der Waals surface area contributed by atoms with Crippen molar-refractivity contribution < 1.29 is 38.2 Å². The van der Waals surface area contributed by atoms with Gasteiger partial charge >= 0.3 is 17.9 Å². The Hall–Kier alpha value is -4.01. The summed E-state index contributed by atoms with van der Waals surface area (Å²) in [6.07, 6.45) is 54.3. The van der Waals surface area contributed by atoms with Crippen LogP contribution in [0.15, 0.2) is 109 Å². The van der Waals surface area contributed by atoms with Crippen LogP contribution in [0, 0.1) is 0 Å². The zero-order valence-corrected chi connectivity index (χ0v) is 36.9. The second kappa shape index (κ2) is 39.8. The van der Waals surface area contributed by atoms with Crippen LogP contribution in [0.3, 0.4) is 0 Å². The van der Waals surface area contributed by atoms with E-state index >= 15 is 0 Å². The van der Waals surface area contributed by atoms with Gasteiger partial charge in [-0.3, -0.25) is 9.59 Å². The summed E-state index contributed by atoms with van der Waals surface area (Å²) >= 11 is 0. The van der Waals surface area contributed by atoms with Crippen LogP contribution in [0.1, 0.15) is 136 Å². The molecule has 0 aliphatic carbocycles. The van der Waals surface area contributed by atoms with Gasteiger partial charge in [0.1, 0.15) is 6.61 Å². The molecule has 0 spiro atoms. The minimum Gasteiger partial charge on any atom is -0.477 e. The number of likely N-dealkylation sites (N-methyl/N-ethyl adjacent to an activating group) is 1. The lowest BCUT2D eigenvalue weighted by molar-refractivity contribution is -0.887. The van der Waals surface area contributed by atoms with E-state index in [0.717, 1.165) is 77.0 Å². The maximum absolute atomic E-state index is 12.7. The fourth-order valence-electron chi connectivity index (χ4n) is 5.64. The molecule has 8 nitrogen and oxygen atoms in total. The number of hydrogen-bond donors (Lipinski definition) is 1. The van der Waals surface area contributed by atoms with Gasteiger partial charge in [-0.2, -0.15) is 0 Å². The maximum Gasteiger partial charge on any atom is 0.362 e. The highest BCUT2D eigenvalue weighted by molar-refractivity contribution is 5.72. The Labute approximate surface area is 353 Å². The van der Waals surface area contributed by atoms with Crippen molar-refractivity contribution in [1.29, 1.82) is 0 Å². The molecule has 0 amide bonds. The minimum absolute atomic E-state index is 0.0191. The lowest BCUT2D eigenvalue weighted by Crippen LogP contribution is -2.50. The summed E-state index contributed by atoms with van der Waals surface area (Å²) in [5, 5.41) is 9.62. The molecule has 2 unspecified atom stereocenters. The van der Waals surface area contributed by atoms with Crippen molar-refractivity contribution in [3.63, 3.8) is 0 Å². The number of carboxylic acids is 1. The molecule has 0 rings (SSSR count). The van der Waals surface area contributed by atoms with Gasteiger partial charge in [0.15, 0.2) is 12.1 Å². The first-order chi connectivity index (χ1) is 28.1. The van der Waals surface area contributed by atoms with Crippen molar-refractivity contribution in [2.75, 3.05) is 41.0 Å². The van der Waals surface area contributed by atoms with Crippen molar-refractivity contribution in [3.05, 3.63) is 109 Å². The first-order valence-electron chi connectivity index (χ1n) is 22.0. The van der Waals surface area contributed by atoms with Gasteiger partial charge in [-0.15, -0.1) is 0 Å². The highest BCUT2D eigenvalue weighted by Gasteiger charge is 2.31. The number of aliphatic carboxylic acids is 1. The Morgan fingerprint density at radius 2 is 1.03 bits per heavy atom. The normalized spacial score (nSPS) is 14.0. The van der Waals surface area contributed by atoms with Crippen molar-refractivity contribution in [2.24, 2.45) is 0 Å². The highest BCUT2D eigenvalue weighted by atomic mass is 16.6. The third-order valence-electron chi connectivity index (χ3n) is 8.99. The number of carbonyl (C=O) groups excluding carboxylic acids is 2. The summed E-state index contributed by atoms with van der Waals surface area (Å²) in [6.45, 7) is 4.37. The quantitative estimate of drug-likeness (QED) is 0.0219. The van der Waals surface area contributed by atoms with Crippen molar-refractivity contribution in [2.45, 2.75) is 148 Å². The van der Waals surface area contributed by atoms with Crippen LogP contribution in [-0.4, -0.2) is 80.6 Å². The Kier molecular flexibility index (Phi) is 37.0. The number of nitrogens with zero attached hydrogens (tertiary/aromatic N) is 1. The number of unbranched alkanes of at least 4 members (excludes halogenated alkanes) is 7. The Morgan fingerprint density at radius 3 is 1.57 bits per heavy atom. The van der Waals surface area contributed by atoms with Gasteiger partial charge in [0.05, 0.1) is 34.4 Å². The van der Waals surface area contributed by atoms with Crippen LogP contribution >= 0.6 is 0 Å². The van der Waals surface area contributed by atoms with E-state index in [1.54, 1.807) is 0 Å². The molecular weight excluding hydrogens is 727 g/mol. The van der Waals surface area contributed by atoms with E-state index in [1.165, 1.54) is 19.3 Å². The average molecular weight is 807 g/mol. The zero-order chi connectivity index (χ0) is 42.8. The van der Waals surface area contributed by atoms with E-state index < -0.39 is 24.1 Å². The molecule has 0 aliphatic rings. The Morgan fingerprint density at radius 1 is 0.534 bits per heavy atom. The first-order valence-corrected chi connectivity index (χ1v) is 22.0. The van der Waals surface area contributed by atoms with E-state index in [9.17, 15) is 19.5 Å². The van der Waals surface area contributed by atoms with E-state index in [-0.39, 0.29) is 36.7 Å². The number of carboxylic acid groups (broad SMARTS) is 1. The lowest BCUT2D eigenvalue weighted by Gasteiger charge is -2.31. The second-order valence-corrected chi connectivity index (χ2v) is 15.2. The minimum atomic E-state index is -0.894. The summed E-state index contributed by atoms with van der Waals surface area (Å²) in [6, 6.07) is -0.636. The van der Waals surface area contributed by atoms with Gasteiger partial charge in [0.25, 0.3) is 0 Å². The Balaban J connectivity index is 4.52. The largest absolute Gasteiger partial charge is 0.477 e. The molecule has 0 aromatic heterocycles. The van der Waals surface area contributed by atoms with Gasteiger partial charge in [0.2, 0.25) is 0 Å². The van der Waals surface area contributed by atoms with Crippen LogP contribution < -0.4 is 0 Å². The van der Waals surface area contributed by atoms with Gasteiger partial charge in [-0.05, 0) is 70.6 Å². The molecule has 0 aromatic rings. The SMILES string of the molecule is CC/C=C/C=C/C=C/CCCCCCCCCC(=O)OCC(COCCC(C(=O)O)[N+](C)(C)C)OC(=O)CC/C=C/C/C=C/C/C=C/C/C=C/C/C=C/C/C=C/CC. The highest BCUT2D eigenvalue weighted by Crippen LogP contribution is 2.12. The van der Waals surface area contributed by atoms with Crippen molar-refractivity contribution >= 4 is 17.9 Å². The molecule has 0 heterocycles. The van der Waals surface area contributed by atoms with Crippen LogP contribution in [0.4, 0.5) is 0 Å². The predicted octanol–water partition coefficient (Wildman–Crippen LogP) is 12.1. The maximum atomic E-state index is 12.7. The van der Waals surface area contributed by atoms with Crippen LogP contribution in [0.25, 0.3) is 0 Å². The summed E-state index contributed by atoms with van der Waals surface area (Å²) < 4.78 is 17.2. The smallest absolute Gasteiger partial charge is 0.362 e. The van der Waals surface area contributed by atoms with Crippen molar-refractivity contribution in [1.82, 2.24) is 0 Å². The number of rotatable bonds is 37. The van der Waals surface area contributed by atoms with Gasteiger partial charge in [-0.1, -0.05) is 155 Å². The van der Waals surface area contributed by atoms with Gasteiger partial charge < -0.3 is 23.8 Å². The molecule has 326 valence electrons. The molecule has 0 fully saturated rings. The monoisotopic (exact) mass is 807 g/mol. The summed E-state index contributed by atoms with van der Waals surface area (Å²) in [4.78, 5) is 37.0. The second-order valence-electron chi connectivity index (χ2n) is 15.2. The molecule has 58 heavy (non-hydrogen) atoms. The summed E-state index contributed by atoms with van der Waals surface area (Å²) in [7, 11) is 5.48. The number of esters is 2. The fourth-order valence-corrected chi connectivity index (χ4v) is 5.64. The molecule has 1 N–H and O–H groups in total. The first kappa shape index (κ1) is 54.0. The molecule has 0 saturated heterocycles. The number of allylic oxidation sites excluding steroid dienone is 18. The van der Waals surface area contributed by atoms with E-state index in [2.05, 4.69) is 111 Å². The van der Waals surface area contributed by atoms with Crippen LogP contribution in [0.5, 0.6) is 0 Å². The van der Waals surface area contributed by atoms with E-state index in [0.29, 0.717) is 19.3 Å². The molecule has 0 saturated carbocycles. The number of ether oxygens (including phenoxy) is 3. The molecule has 0 bridgehead atoms. The third-order valence-corrected chi connectivity index (χ3v) is 8.99. The molecule has 2 atom stereocenters. The summed E-state index contributed by atoms with van der Waals surface area (Å²) in [5.74, 6) is -1.61. The number of hydrogen-bond acceptors (Lipinski definition) is 6. The van der Waals surface area contributed by atoms with E-state index in [4.69, 9.17) is 14.2 Å². The summed E-state index contributed by atoms with van der Waals surface area (Å²) in [5.41, 5.74) is 0. The van der Waals surface area contributed by atoms with Gasteiger partial charge in [-0.25, -0.2) is 4.79 Å². The molecule has 0 aliphatic heterocycles. The van der Waals surface area contributed by atoms with Crippen LogP contribution in [-0.2, 0) is 28.6 Å².